The molecule has 0 aromatic heterocycles. The van der Waals surface area contributed by atoms with E-state index in [1.54, 1.807) is 5.54 Å². The number of rotatable bonds is 3. The first-order valence-corrected chi connectivity index (χ1v) is 5.22. The lowest BCUT2D eigenvalue weighted by molar-refractivity contribution is 0.263. The van der Waals surface area contributed by atoms with Crippen LogP contribution >= 0.6 is 11.6 Å². The molecule has 0 aromatic rings. The van der Waals surface area contributed by atoms with E-state index in [2.05, 4.69) is 18.7 Å². The molecule has 1 aliphatic rings. The highest BCUT2D eigenvalue weighted by molar-refractivity contribution is 6.25. The van der Waals surface area contributed by atoms with Gasteiger partial charge in [-0.3, -0.25) is 4.90 Å². The van der Waals surface area contributed by atoms with Crippen molar-refractivity contribution in [2.75, 3.05) is 13.1 Å². The number of hydrogen-bond donors (Lipinski definition) is 0. The molecule has 1 aliphatic heterocycles. The van der Waals surface area contributed by atoms with Crippen molar-refractivity contribution in [3.8, 4) is 0 Å². The van der Waals surface area contributed by atoms with Crippen LogP contribution < -0.4 is 0 Å². The molecule has 0 saturated carbocycles. The summed E-state index contributed by atoms with van der Waals surface area (Å²) in [6.07, 6.45) is 4.69. The Balaban J connectivity index is 2.38. The Labute approximate surface area is 80.4 Å². The summed E-state index contributed by atoms with van der Waals surface area (Å²) >= 11 is 5.49. The van der Waals surface area contributed by atoms with Gasteiger partial charge in [-0.15, -0.1) is 0 Å². The summed E-state index contributed by atoms with van der Waals surface area (Å²) < 4.78 is 0. The van der Waals surface area contributed by atoms with Crippen LogP contribution in [-0.2, 0) is 0 Å². The summed E-state index contributed by atoms with van der Waals surface area (Å²) in [6.45, 7) is 6.85. The summed E-state index contributed by atoms with van der Waals surface area (Å²) in [5.74, 6) is 0.897. The third kappa shape index (κ3) is 2.24. The van der Waals surface area contributed by atoms with E-state index < -0.39 is 0 Å². The van der Waals surface area contributed by atoms with Crippen LogP contribution in [0.5, 0.6) is 0 Å². The van der Waals surface area contributed by atoms with Gasteiger partial charge < -0.3 is 0 Å². The second kappa shape index (κ2) is 4.88. The largest absolute Gasteiger partial charge is 0.297 e. The van der Waals surface area contributed by atoms with Crippen molar-refractivity contribution in [1.29, 1.82) is 0 Å². The van der Waals surface area contributed by atoms with Crippen molar-refractivity contribution >= 4 is 11.6 Å². The molecule has 70 valence electrons. The zero-order chi connectivity index (χ0) is 8.97. The minimum atomic E-state index is 0.739. The summed E-state index contributed by atoms with van der Waals surface area (Å²) in [6, 6.07) is 0.739. The molecule has 0 aromatic carbocycles. The number of nitrogens with zero attached hydrogens (tertiary/aromatic N) is 1. The molecular weight excluding hydrogens is 170 g/mol. The zero-order valence-corrected chi connectivity index (χ0v) is 8.72. The SMILES string of the molecule is CCC1CCN(C/C=C/Cl)C1C. The van der Waals surface area contributed by atoms with Crippen LogP contribution in [0.2, 0.25) is 0 Å². The normalized spacial score (nSPS) is 31.9. The molecule has 0 spiro atoms. The molecule has 0 N–H and O–H groups in total. The average Bonchev–Trinajstić information content (AvgIpc) is 2.43. The second-order valence-electron chi connectivity index (χ2n) is 3.55. The highest BCUT2D eigenvalue weighted by Gasteiger charge is 2.27. The molecule has 2 atom stereocenters. The predicted octanol–water partition coefficient (Wildman–Crippen LogP) is 2.86. The molecule has 1 saturated heterocycles. The van der Waals surface area contributed by atoms with Crippen LogP contribution in [0, 0.1) is 5.92 Å². The van der Waals surface area contributed by atoms with Gasteiger partial charge in [0.1, 0.15) is 0 Å². The van der Waals surface area contributed by atoms with Crippen molar-refractivity contribution in [3.63, 3.8) is 0 Å². The van der Waals surface area contributed by atoms with E-state index in [1.165, 1.54) is 19.4 Å². The smallest absolute Gasteiger partial charge is 0.0177 e. The molecular formula is C10H18ClN. The van der Waals surface area contributed by atoms with Crippen LogP contribution in [0.3, 0.4) is 0 Å². The molecule has 0 aliphatic carbocycles. The van der Waals surface area contributed by atoms with Crippen molar-refractivity contribution in [2.24, 2.45) is 5.92 Å². The Morgan fingerprint density at radius 3 is 2.83 bits per heavy atom. The van der Waals surface area contributed by atoms with Gasteiger partial charge in [0.15, 0.2) is 0 Å². The Morgan fingerprint density at radius 2 is 2.33 bits per heavy atom. The molecule has 0 bridgehead atoms. The topological polar surface area (TPSA) is 3.24 Å². The fraction of sp³-hybridized carbons (Fsp3) is 0.800. The van der Waals surface area contributed by atoms with Crippen molar-refractivity contribution in [2.45, 2.75) is 32.7 Å². The van der Waals surface area contributed by atoms with Crippen molar-refractivity contribution in [3.05, 3.63) is 11.6 Å². The van der Waals surface area contributed by atoms with Crippen LogP contribution in [0.25, 0.3) is 0 Å². The lowest BCUT2D eigenvalue weighted by Crippen LogP contribution is -2.29. The predicted molar refractivity (Wildman–Crippen MR) is 54.4 cm³/mol. The van der Waals surface area contributed by atoms with Crippen molar-refractivity contribution < 1.29 is 0 Å². The van der Waals surface area contributed by atoms with Crippen LogP contribution in [0.4, 0.5) is 0 Å². The number of halogens is 1. The maximum atomic E-state index is 5.49. The Kier molecular flexibility index (Phi) is 4.10. The Hall–Kier alpha value is -0.0100. The average molecular weight is 188 g/mol. The van der Waals surface area contributed by atoms with Crippen LogP contribution in [0.1, 0.15) is 26.7 Å². The van der Waals surface area contributed by atoms with Gasteiger partial charge in [-0.25, -0.2) is 0 Å². The summed E-state index contributed by atoms with van der Waals surface area (Å²) in [4.78, 5) is 2.49. The van der Waals surface area contributed by atoms with E-state index in [9.17, 15) is 0 Å². The minimum absolute atomic E-state index is 0.739. The monoisotopic (exact) mass is 187 g/mol. The Morgan fingerprint density at radius 1 is 1.58 bits per heavy atom. The summed E-state index contributed by atoms with van der Waals surface area (Å²) in [5.41, 5.74) is 1.62. The van der Waals surface area contributed by atoms with E-state index in [0.29, 0.717) is 0 Å². The molecule has 0 radical (unpaired) electrons. The highest BCUT2D eigenvalue weighted by Crippen LogP contribution is 2.26. The maximum Gasteiger partial charge on any atom is 0.0177 e. The van der Waals surface area contributed by atoms with E-state index in [1.807, 2.05) is 6.08 Å². The maximum absolute atomic E-state index is 5.49. The van der Waals surface area contributed by atoms with Crippen LogP contribution in [-0.4, -0.2) is 24.0 Å². The van der Waals surface area contributed by atoms with Crippen molar-refractivity contribution in [1.82, 2.24) is 4.90 Å². The molecule has 1 heterocycles. The van der Waals surface area contributed by atoms with E-state index >= 15 is 0 Å². The van der Waals surface area contributed by atoms with Gasteiger partial charge in [0.25, 0.3) is 0 Å². The third-order valence-electron chi connectivity index (χ3n) is 3.00. The van der Waals surface area contributed by atoms with Gasteiger partial charge >= 0.3 is 0 Å². The molecule has 2 unspecified atom stereocenters. The third-order valence-corrected chi connectivity index (χ3v) is 3.18. The standard InChI is InChI=1S/C10H18ClN/c1-3-10-5-8-12(9(10)2)7-4-6-11/h4,6,9-10H,3,5,7-8H2,1-2H3/b6-4+. The Bertz CT molecular complexity index is 156. The van der Waals surface area contributed by atoms with Gasteiger partial charge in [0.05, 0.1) is 0 Å². The van der Waals surface area contributed by atoms with Gasteiger partial charge in [0.2, 0.25) is 0 Å². The molecule has 0 amide bonds. The molecule has 2 heteroatoms. The first-order valence-electron chi connectivity index (χ1n) is 4.78. The van der Waals surface area contributed by atoms with E-state index in [-0.39, 0.29) is 0 Å². The minimum Gasteiger partial charge on any atom is -0.297 e. The lowest BCUT2D eigenvalue weighted by Gasteiger charge is -2.22. The fourth-order valence-electron chi connectivity index (χ4n) is 2.05. The summed E-state index contributed by atoms with van der Waals surface area (Å²) in [7, 11) is 0. The fourth-order valence-corrected chi connectivity index (χ4v) is 2.13. The number of likely N-dealkylation sites (tertiary alicyclic amines) is 1. The van der Waals surface area contributed by atoms with Gasteiger partial charge in [0, 0.05) is 18.1 Å². The molecule has 1 fully saturated rings. The van der Waals surface area contributed by atoms with E-state index in [0.717, 1.165) is 18.5 Å². The quantitative estimate of drug-likeness (QED) is 0.657. The van der Waals surface area contributed by atoms with Crippen LogP contribution in [0.15, 0.2) is 11.6 Å². The first-order chi connectivity index (χ1) is 5.79. The molecule has 1 rings (SSSR count). The van der Waals surface area contributed by atoms with Gasteiger partial charge in [-0.1, -0.05) is 31.0 Å². The first kappa shape index (κ1) is 10.1. The van der Waals surface area contributed by atoms with Gasteiger partial charge in [-0.05, 0) is 25.8 Å². The van der Waals surface area contributed by atoms with Gasteiger partial charge in [-0.2, -0.15) is 0 Å². The molecule has 12 heavy (non-hydrogen) atoms. The van der Waals surface area contributed by atoms with E-state index in [4.69, 9.17) is 11.6 Å². The summed E-state index contributed by atoms with van der Waals surface area (Å²) in [5, 5.41) is 0. The zero-order valence-electron chi connectivity index (χ0n) is 7.96. The lowest BCUT2D eigenvalue weighted by atomic mass is 9.99. The second-order valence-corrected chi connectivity index (χ2v) is 3.81. The number of hydrogen-bond acceptors (Lipinski definition) is 1. The highest BCUT2D eigenvalue weighted by atomic mass is 35.5. The molecule has 1 nitrogen and oxygen atoms in total.